The summed E-state index contributed by atoms with van der Waals surface area (Å²) in [6.45, 7) is 3.70. The van der Waals surface area contributed by atoms with Gasteiger partial charge < -0.3 is 16.3 Å². The van der Waals surface area contributed by atoms with Gasteiger partial charge in [-0.05, 0) is 26.2 Å². The van der Waals surface area contributed by atoms with Gasteiger partial charge in [-0.3, -0.25) is 4.79 Å². The Morgan fingerprint density at radius 2 is 1.94 bits per heavy atom. The van der Waals surface area contributed by atoms with Crippen LogP contribution in [0.3, 0.4) is 0 Å². The van der Waals surface area contributed by atoms with Gasteiger partial charge in [-0.15, -0.1) is 0 Å². The number of hydrogen-bond acceptors (Lipinski definition) is 3. The maximum atomic E-state index is 12.2. The molecule has 18 heavy (non-hydrogen) atoms. The fourth-order valence-corrected chi connectivity index (χ4v) is 2.36. The van der Waals surface area contributed by atoms with Crippen LogP contribution in [0.5, 0.6) is 0 Å². The molecule has 0 aromatic carbocycles. The predicted octanol–water partition coefficient (Wildman–Crippen LogP) is 1.99. The van der Waals surface area contributed by atoms with Crippen molar-refractivity contribution in [2.24, 2.45) is 16.8 Å². The van der Waals surface area contributed by atoms with Gasteiger partial charge >= 0.3 is 0 Å². The first-order valence-corrected chi connectivity index (χ1v) is 6.83. The molecule has 0 saturated heterocycles. The number of nitrogens with zero attached hydrogens (tertiary/aromatic N) is 1. The minimum Gasteiger partial charge on any atom is -0.409 e. The van der Waals surface area contributed by atoms with E-state index in [2.05, 4.69) is 10.5 Å². The van der Waals surface area contributed by atoms with E-state index in [-0.39, 0.29) is 17.7 Å². The summed E-state index contributed by atoms with van der Waals surface area (Å²) in [6, 6.07) is 0. The molecule has 1 atom stereocenters. The molecule has 1 aliphatic carbocycles. The second kappa shape index (κ2) is 6.61. The van der Waals surface area contributed by atoms with Crippen molar-refractivity contribution in [2.45, 2.75) is 64.3 Å². The molecule has 4 N–H and O–H groups in total. The maximum absolute atomic E-state index is 12.2. The minimum atomic E-state index is -0.752. The van der Waals surface area contributed by atoms with E-state index < -0.39 is 5.54 Å². The Labute approximate surface area is 109 Å². The molecule has 1 amide bonds. The fraction of sp³-hybridized carbons (Fsp3) is 0.846. The molecule has 0 aliphatic heterocycles. The third-order valence-electron chi connectivity index (χ3n) is 4.01. The lowest BCUT2D eigenvalue weighted by Crippen LogP contribution is -2.56. The monoisotopic (exact) mass is 255 g/mol. The summed E-state index contributed by atoms with van der Waals surface area (Å²) in [5.74, 6) is 0.171. The summed E-state index contributed by atoms with van der Waals surface area (Å²) in [5, 5.41) is 14.7. The average Bonchev–Trinajstić information content (AvgIpc) is 2.66. The predicted molar refractivity (Wildman–Crippen MR) is 71.4 cm³/mol. The smallest absolute Gasteiger partial charge is 0.223 e. The molecule has 1 saturated carbocycles. The molecular formula is C13H25N3O2. The standard InChI is InChI=1S/C13H25N3O2/c1-3-13(2,12(14)16-18)15-11(17)10-8-6-4-5-7-9-10/h10,18H,3-9H2,1-2H3,(H2,14,16)(H,15,17). The molecule has 5 nitrogen and oxygen atoms in total. The summed E-state index contributed by atoms with van der Waals surface area (Å²) >= 11 is 0. The highest BCUT2D eigenvalue weighted by atomic mass is 16.4. The number of nitrogens with two attached hydrogens (primary N) is 1. The van der Waals surface area contributed by atoms with Gasteiger partial charge in [-0.2, -0.15) is 0 Å². The molecule has 1 rings (SSSR count). The van der Waals surface area contributed by atoms with E-state index in [1.807, 2.05) is 6.92 Å². The van der Waals surface area contributed by atoms with Crippen LogP contribution in [-0.4, -0.2) is 22.5 Å². The van der Waals surface area contributed by atoms with Crippen LogP contribution in [0.15, 0.2) is 5.16 Å². The van der Waals surface area contributed by atoms with Crippen molar-refractivity contribution in [1.29, 1.82) is 0 Å². The zero-order valence-electron chi connectivity index (χ0n) is 11.4. The molecule has 0 heterocycles. The van der Waals surface area contributed by atoms with Crippen molar-refractivity contribution >= 4 is 11.7 Å². The van der Waals surface area contributed by atoms with Crippen LogP contribution in [-0.2, 0) is 4.79 Å². The van der Waals surface area contributed by atoms with Crippen molar-refractivity contribution in [2.75, 3.05) is 0 Å². The zero-order valence-corrected chi connectivity index (χ0v) is 11.4. The Balaban J connectivity index is 2.66. The third kappa shape index (κ3) is 3.62. The minimum absolute atomic E-state index is 0.0350. The van der Waals surface area contributed by atoms with Crippen molar-refractivity contribution < 1.29 is 10.0 Å². The molecule has 104 valence electrons. The molecule has 0 spiro atoms. The number of rotatable bonds is 4. The first kappa shape index (κ1) is 14.8. The number of amides is 1. The molecule has 1 unspecified atom stereocenters. The highest BCUT2D eigenvalue weighted by Crippen LogP contribution is 2.24. The molecule has 0 aromatic heterocycles. The summed E-state index contributed by atoms with van der Waals surface area (Å²) in [6.07, 6.45) is 7.16. The Hall–Kier alpha value is -1.26. The van der Waals surface area contributed by atoms with E-state index in [1.54, 1.807) is 6.92 Å². The number of carbonyl (C=O) groups is 1. The van der Waals surface area contributed by atoms with E-state index in [1.165, 1.54) is 12.8 Å². The summed E-state index contributed by atoms with van der Waals surface area (Å²) in [5.41, 5.74) is 4.90. The molecule has 0 radical (unpaired) electrons. The lowest BCUT2D eigenvalue weighted by atomic mass is 9.93. The quantitative estimate of drug-likeness (QED) is 0.236. The highest BCUT2D eigenvalue weighted by molar-refractivity contribution is 5.93. The number of carbonyl (C=O) groups excluding carboxylic acids is 1. The van der Waals surface area contributed by atoms with Crippen molar-refractivity contribution in [3.05, 3.63) is 0 Å². The van der Waals surface area contributed by atoms with Gasteiger partial charge in [0.05, 0.1) is 5.54 Å². The Morgan fingerprint density at radius 3 is 2.39 bits per heavy atom. The van der Waals surface area contributed by atoms with Crippen LogP contribution in [0.1, 0.15) is 58.8 Å². The fourth-order valence-electron chi connectivity index (χ4n) is 2.36. The SMILES string of the molecule is CCC(C)(NC(=O)C1CCCCCC1)/C(N)=N/O. The van der Waals surface area contributed by atoms with Crippen LogP contribution in [0.25, 0.3) is 0 Å². The van der Waals surface area contributed by atoms with E-state index in [9.17, 15) is 4.79 Å². The Bertz CT molecular complexity index is 309. The van der Waals surface area contributed by atoms with Crippen molar-refractivity contribution in [1.82, 2.24) is 5.32 Å². The van der Waals surface area contributed by atoms with Crippen molar-refractivity contribution in [3.63, 3.8) is 0 Å². The van der Waals surface area contributed by atoms with Gasteiger partial charge in [-0.1, -0.05) is 37.8 Å². The summed E-state index contributed by atoms with van der Waals surface area (Å²) in [4.78, 5) is 12.2. The average molecular weight is 255 g/mol. The van der Waals surface area contributed by atoms with Crippen LogP contribution in [0, 0.1) is 5.92 Å². The lowest BCUT2D eigenvalue weighted by molar-refractivity contribution is -0.126. The number of nitrogens with one attached hydrogen (secondary N) is 1. The second-order valence-electron chi connectivity index (χ2n) is 5.35. The van der Waals surface area contributed by atoms with Crippen LogP contribution in [0.2, 0.25) is 0 Å². The van der Waals surface area contributed by atoms with E-state index in [0.29, 0.717) is 6.42 Å². The van der Waals surface area contributed by atoms with Gasteiger partial charge in [0.1, 0.15) is 0 Å². The summed E-state index contributed by atoms with van der Waals surface area (Å²) in [7, 11) is 0. The second-order valence-corrected chi connectivity index (χ2v) is 5.35. The van der Waals surface area contributed by atoms with Gasteiger partial charge in [0.15, 0.2) is 5.84 Å². The Kier molecular flexibility index (Phi) is 5.44. The van der Waals surface area contributed by atoms with Gasteiger partial charge in [0.2, 0.25) is 5.91 Å². The van der Waals surface area contributed by atoms with E-state index in [4.69, 9.17) is 10.9 Å². The third-order valence-corrected chi connectivity index (χ3v) is 4.01. The molecule has 1 aliphatic rings. The molecule has 1 fully saturated rings. The van der Waals surface area contributed by atoms with E-state index >= 15 is 0 Å². The zero-order chi connectivity index (χ0) is 13.6. The summed E-state index contributed by atoms with van der Waals surface area (Å²) < 4.78 is 0. The molecule has 5 heteroatoms. The van der Waals surface area contributed by atoms with Crippen molar-refractivity contribution in [3.8, 4) is 0 Å². The van der Waals surface area contributed by atoms with E-state index in [0.717, 1.165) is 25.7 Å². The maximum Gasteiger partial charge on any atom is 0.223 e. The van der Waals surface area contributed by atoms with Gasteiger partial charge in [-0.25, -0.2) is 0 Å². The van der Waals surface area contributed by atoms with Crippen LogP contribution < -0.4 is 11.1 Å². The first-order valence-electron chi connectivity index (χ1n) is 6.83. The number of oxime groups is 1. The highest BCUT2D eigenvalue weighted by Gasteiger charge is 2.32. The first-order chi connectivity index (χ1) is 8.53. The normalized spacial score (nSPS) is 22.0. The van der Waals surface area contributed by atoms with Crippen LogP contribution >= 0.6 is 0 Å². The van der Waals surface area contributed by atoms with Crippen LogP contribution in [0.4, 0.5) is 0 Å². The number of hydrogen-bond donors (Lipinski definition) is 3. The molecule has 0 bridgehead atoms. The Morgan fingerprint density at radius 1 is 1.39 bits per heavy atom. The molecule has 0 aromatic rings. The number of amidine groups is 1. The largest absolute Gasteiger partial charge is 0.409 e. The lowest BCUT2D eigenvalue weighted by Gasteiger charge is -2.30. The topological polar surface area (TPSA) is 87.7 Å². The molecular weight excluding hydrogens is 230 g/mol. The van der Waals surface area contributed by atoms with Gasteiger partial charge in [0.25, 0.3) is 0 Å². The van der Waals surface area contributed by atoms with Gasteiger partial charge in [0, 0.05) is 5.92 Å².